The lowest BCUT2D eigenvalue weighted by molar-refractivity contribution is -0.349. The normalized spacial score (nSPS) is 28.2. The Labute approximate surface area is 159 Å². The van der Waals surface area contributed by atoms with Gasteiger partial charge in [0.2, 0.25) is 0 Å². The van der Waals surface area contributed by atoms with Crippen LogP contribution in [0, 0.1) is 0 Å². The average Bonchev–Trinajstić information content (AvgIpc) is 2.68. The molecule has 28 heavy (non-hydrogen) atoms. The van der Waals surface area contributed by atoms with Crippen molar-refractivity contribution in [2.24, 2.45) is 0 Å². The van der Waals surface area contributed by atoms with Crippen molar-refractivity contribution >= 4 is 0 Å². The Kier molecular flexibility index (Phi) is 6.66. The first-order chi connectivity index (χ1) is 13.4. The van der Waals surface area contributed by atoms with Crippen LogP contribution in [0.4, 0.5) is 17.6 Å². The molecule has 1 N–H and O–H groups in total. The van der Waals surface area contributed by atoms with Gasteiger partial charge in [-0.3, -0.25) is 0 Å². The van der Waals surface area contributed by atoms with E-state index >= 15 is 0 Å². The predicted molar refractivity (Wildman–Crippen MR) is 91.9 cm³/mol. The van der Waals surface area contributed by atoms with Crippen molar-refractivity contribution in [3.63, 3.8) is 0 Å². The smallest absolute Gasteiger partial charge is 0.368 e. The third kappa shape index (κ3) is 5.08. The summed E-state index contributed by atoms with van der Waals surface area (Å²) in [4.78, 5) is 0. The fourth-order valence-corrected chi connectivity index (χ4v) is 2.98. The standard InChI is InChI=1S/C20H20F4O4/c21-15-16(26-11-13-7-3-1-4-8-13)17(18(20(22,23)24)28-19(15)25)27-12-14-9-5-2-6-10-14/h1-10,15-19,25H,11-12H2/t15-,16-,17-,18+,19+/m1/s1. The van der Waals surface area contributed by atoms with E-state index < -0.39 is 36.9 Å². The molecule has 0 aliphatic carbocycles. The van der Waals surface area contributed by atoms with E-state index in [2.05, 4.69) is 4.74 Å². The summed E-state index contributed by atoms with van der Waals surface area (Å²) in [6.07, 6.45) is -15.3. The molecule has 0 bridgehead atoms. The second-order valence-corrected chi connectivity index (χ2v) is 6.46. The van der Waals surface area contributed by atoms with Crippen LogP contribution < -0.4 is 0 Å². The summed E-state index contributed by atoms with van der Waals surface area (Å²) in [5.74, 6) is 0. The summed E-state index contributed by atoms with van der Waals surface area (Å²) in [5, 5.41) is 9.65. The van der Waals surface area contributed by atoms with E-state index in [1.165, 1.54) is 0 Å². The first-order valence-electron chi connectivity index (χ1n) is 8.71. The fourth-order valence-electron chi connectivity index (χ4n) is 2.98. The van der Waals surface area contributed by atoms with E-state index in [4.69, 9.17) is 9.47 Å². The van der Waals surface area contributed by atoms with Gasteiger partial charge < -0.3 is 19.3 Å². The van der Waals surface area contributed by atoms with E-state index in [0.717, 1.165) is 0 Å². The van der Waals surface area contributed by atoms with Crippen LogP contribution in [0.5, 0.6) is 0 Å². The third-order valence-corrected chi connectivity index (χ3v) is 4.39. The van der Waals surface area contributed by atoms with Crippen LogP contribution in [0.15, 0.2) is 60.7 Å². The topological polar surface area (TPSA) is 47.9 Å². The van der Waals surface area contributed by atoms with Gasteiger partial charge in [-0.25, -0.2) is 4.39 Å². The quantitative estimate of drug-likeness (QED) is 0.750. The van der Waals surface area contributed by atoms with Gasteiger partial charge in [-0.1, -0.05) is 60.7 Å². The molecule has 0 spiro atoms. The molecule has 0 amide bonds. The maximum absolute atomic E-state index is 14.5. The van der Waals surface area contributed by atoms with E-state index in [1.807, 2.05) is 0 Å². The molecule has 8 heteroatoms. The SMILES string of the molecule is O[C@H]1O[C@H](C(F)(F)F)[C@H](OCc2ccccc2)[C@H](OCc2ccccc2)[C@H]1F. The molecule has 1 aliphatic rings. The van der Waals surface area contributed by atoms with Crippen LogP contribution in [0.1, 0.15) is 11.1 Å². The Hall–Kier alpha value is -2.00. The molecule has 1 heterocycles. The van der Waals surface area contributed by atoms with Gasteiger partial charge in [0.15, 0.2) is 18.6 Å². The molecule has 0 unspecified atom stereocenters. The Morgan fingerprint density at radius 1 is 0.821 bits per heavy atom. The molecule has 152 valence electrons. The molecule has 1 fully saturated rings. The van der Waals surface area contributed by atoms with Crippen molar-refractivity contribution in [2.45, 2.75) is 50.2 Å². The van der Waals surface area contributed by atoms with Crippen molar-refractivity contribution in [3.8, 4) is 0 Å². The van der Waals surface area contributed by atoms with E-state index in [0.29, 0.717) is 11.1 Å². The van der Waals surface area contributed by atoms with Crippen molar-refractivity contribution in [2.75, 3.05) is 0 Å². The summed E-state index contributed by atoms with van der Waals surface area (Å²) in [7, 11) is 0. The molecule has 0 saturated carbocycles. The van der Waals surface area contributed by atoms with Crippen molar-refractivity contribution in [1.82, 2.24) is 0 Å². The Balaban J connectivity index is 1.79. The monoisotopic (exact) mass is 400 g/mol. The molecule has 1 aliphatic heterocycles. The van der Waals surface area contributed by atoms with Crippen molar-refractivity contribution in [1.29, 1.82) is 0 Å². The second kappa shape index (κ2) is 9.00. The Morgan fingerprint density at radius 2 is 1.29 bits per heavy atom. The highest BCUT2D eigenvalue weighted by atomic mass is 19.4. The van der Waals surface area contributed by atoms with Crippen LogP contribution >= 0.6 is 0 Å². The minimum Gasteiger partial charge on any atom is -0.368 e. The molecular weight excluding hydrogens is 380 g/mol. The number of hydrogen-bond donors (Lipinski definition) is 1. The lowest BCUT2D eigenvalue weighted by Crippen LogP contribution is -2.61. The molecule has 3 rings (SSSR count). The van der Waals surface area contributed by atoms with E-state index in [9.17, 15) is 22.7 Å². The van der Waals surface area contributed by atoms with Gasteiger partial charge in [0.05, 0.1) is 13.2 Å². The zero-order valence-corrected chi connectivity index (χ0v) is 14.8. The summed E-state index contributed by atoms with van der Waals surface area (Å²) in [6, 6.07) is 17.1. The Morgan fingerprint density at radius 3 is 1.75 bits per heavy atom. The average molecular weight is 400 g/mol. The lowest BCUT2D eigenvalue weighted by atomic mass is 9.98. The van der Waals surface area contributed by atoms with Gasteiger partial charge in [0.1, 0.15) is 12.2 Å². The highest BCUT2D eigenvalue weighted by molar-refractivity contribution is 5.14. The van der Waals surface area contributed by atoms with Crippen LogP contribution in [0.25, 0.3) is 0 Å². The largest absolute Gasteiger partial charge is 0.417 e. The molecular formula is C20H20F4O4. The number of alkyl halides is 4. The number of aliphatic hydroxyl groups excluding tert-OH is 1. The molecule has 2 aromatic rings. The first kappa shape index (κ1) is 20.7. The van der Waals surface area contributed by atoms with Gasteiger partial charge in [0.25, 0.3) is 0 Å². The minimum atomic E-state index is -4.86. The summed E-state index contributed by atoms with van der Waals surface area (Å²) < 4.78 is 70.3. The lowest BCUT2D eigenvalue weighted by Gasteiger charge is -2.42. The number of halogens is 4. The molecule has 2 aromatic carbocycles. The number of benzene rings is 2. The summed E-state index contributed by atoms with van der Waals surface area (Å²) in [6.45, 7) is -0.316. The first-order valence-corrected chi connectivity index (χ1v) is 8.71. The third-order valence-electron chi connectivity index (χ3n) is 4.39. The number of aliphatic hydroxyl groups is 1. The minimum absolute atomic E-state index is 0.131. The van der Waals surface area contributed by atoms with Crippen LogP contribution in [0.2, 0.25) is 0 Å². The Bertz CT molecular complexity index is 726. The van der Waals surface area contributed by atoms with Gasteiger partial charge >= 0.3 is 6.18 Å². The van der Waals surface area contributed by atoms with Gasteiger partial charge in [-0.2, -0.15) is 13.2 Å². The zero-order valence-electron chi connectivity index (χ0n) is 14.8. The maximum Gasteiger partial charge on any atom is 0.417 e. The van der Waals surface area contributed by atoms with Gasteiger partial charge in [-0.05, 0) is 11.1 Å². The molecule has 4 nitrogen and oxygen atoms in total. The van der Waals surface area contributed by atoms with Crippen LogP contribution in [-0.4, -0.2) is 42.1 Å². The summed E-state index contributed by atoms with van der Waals surface area (Å²) >= 11 is 0. The van der Waals surface area contributed by atoms with Crippen LogP contribution in [-0.2, 0) is 27.4 Å². The second-order valence-electron chi connectivity index (χ2n) is 6.46. The van der Waals surface area contributed by atoms with Gasteiger partial charge in [0, 0.05) is 0 Å². The van der Waals surface area contributed by atoms with Crippen molar-refractivity contribution < 1.29 is 36.9 Å². The van der Waals surface area contributed by atoms with Crippen LogP contribution in [0.3, 0.4) is 0 Å². The predicted octanol–water partition coefficient (Wildman–Crippen LogP) is 3.77. The van der Waals surface area contributed by atoms with Crippen molar-refractivity contribution in [3.05, 3.63) is 71.8 Å². The van der Waals surface area contributed by atoms with E-state index in [-0.39, 0.29) is 13.2 Å². The van der Waals surface area contributed by atoms with Gasteiger partial charge in [-0.15, -0.1) is 0 Å². The highest BCUT2D eigenvalue weighted by Gasteiger charge is 2.57. The molecule has 0 aromatic heterocycles. The maximum atomic E-state index is 14.5. The van der Waals surface area contributed by atoms with E-state index in [1.54, 1.807) is 60.7 Å². The molecule has 1 saturated heterocycles. The molecule has 0 radical (unpaired) electrons. The number of rotatable bonds is 6. The number of ether oxygens (including phenoxy) is 3. The summed E-state index contributed by atoms with van der Waals surface area (Å²) in [5.41, 5.74) is 1.27. The number of hydrogen-bond acceptors (Lipinski definition) is 4. The highest BCUT2D eigenvalue weighted by Crippen LogP contribution is 2.36. The zero-order chi connectivity index (χ0) is 20.1. The fraction of sp³-hybridized carbons (Fsp3) is 0.400. The molecule has 5 atom stereocenters.